The van der Waals surface area contributed by atoms with Gasteiger partial charge in [-0.05, 0) is 40.5 Å². The lowest BCUT2D eigenvalue weighted by atomic mass is 10.3. The van der Waals surface area contributed by atoms with E-state index in [4.69, 9.17) is 5.11 Å². The van der Waals surface area contributed by atoms with Crippen LogP contribution in [0, 0.1) is 0 Å². The van der Waals surface area contributed by atoms with E-state index >= 15 is 0 Å². The number of amides is 2. The number of alkyl halides is 3. The lowest BCUT2D eigenvalue weighted by Gasteiger charge is -2.12. The second kappa shape index (κ2) is 7.87. The highest BCUT2D eigenvalue weighted by atomic mass is 79.9. The van der Waals surface area contributed by atoms with Crippen LogP contribution >= 0.6 is 15.9 Å². The number of aliphatic carboxylic acids is 1. The first kappa shape index (κ1) is 18.1. The van der Waals surface area contributed by atoms with Crippen molar-refractivity contribution >= 4 is 33.6 Å². The number of nitrogens with one attached hydrogen (secondary N) is 2. The molecule has 0 aliphatic rings. The molecule has 1 rings (SSSR count). The molecule has 0 atom stereocenters. The van der Waals surface area contributed by atoms with Gasteiger partial charge in [-0.1, -0.05) is 0 Å². The van der Waals surface area contributed by atoms with E-state index in [0.717, 1.165) is 12.1 Å². The maximum Gasteiger partial charge on any atom is 0.573 e. The van der Waals surface area contributed by atoms with Gasteiger partial charge in [0, 0.05) is 17.4 Å². The molecule has 10 heteroatoms. The van der Waals surface area contributed by atoms with Crippen molar-refractivity contribution in [2.75, 3.05) is 11.9 Å². The van der Waals surface area contributed by atoms with Gasteiger partial charge in [0.1, 0.15) is 5.75 Å². The molecule has 1 aromatic rings. The van der Waals surface area contributed by atoms with Gasteiger partial charge in [0.25, 0.3) is 0 Å². The maximum absolute atomic E-state index is 12.1. The predicted molar refractivity (Wildman–Crippen MR) is 74.7 cm³/mol. The number of carbonyl (C=O) groups excluding carboxylic acids is 1. The number of carboxylic acids is 1. The number of benzene rings is 1. The summed E-state index contributed by atoms with van der Waals surface area (Å²) >= 11 is 3.02. The smallest absolute Gasteiger partial charge is 0.481 e. The molecule has 0 heterocycles. The molecule has 0 spiro atoms. The number of carbonyl (C=O) groups is 2. The van der Waals surface area contributed by atoms with Crippen LogP contribution in [0.4, 0.5) is 23.7 Å². The van der Waals surface area contributed by atoms with Gasteiger partial charge in [-0.25, -0.2) is 4.79 Å². The van der Waals surface area contributed by atoms with E-state index in [1.54, 1.807) is 0 Å². The van der Waals surface area contributed by atoms with Gasteiger partial charge in [0.05, 0.1) is 5.69 Å². The van der Waals surface area contributed by atoms with Crippen LogP contribution in [-0.4, -0.2) is 30.0 Å². The fourth-order valence-corrected chi connectivity index (χ4v) is 1.86. The number of ether oxygens (including phenoxy) is 1. The van der Waals surface area contributed by atoms with E-state index in [1.807, 2.05) is 0 Å². The van der Waals surface area contributed by atoms with Gasteiger partial charge in [0.15, 0.2) is 0 Å². The van der Waals surface area contributed by atoms with E-state index in [-0.39, 0.29) is 29.5 Å². The lowest BCUT2D eigenvalue weighted by molar-refractivity contribution is -0.274. The number of urea groups is 1. The summed E-state index contributed by atoms with van der Waals surface area (Å²) in [5.41, 5.74) is 0.241. The quantitative estimate of drug-likeness (QED) is 0.656. The van der Waals surface area contributed by atoms with E-state index in [0.29, 0.717) is 0 Å². The van der Waals surface area contributed by atoms with Crippen LogP contribution in [0.5, 0.6) is 5.75 Å². The third kappa shape index (κ3) is 7.16. The first-order chi connectivity index (χ1) is 10.2. The summed E-state index contributed by atoms with van der Waals surface area (Å²) in [4.78, 5) is 21.8. The normalized spacial score (nSPS) is 10.9. The summed E-state index contributed by atoms with van der Waals surface area (Å²) in [6.45, 7) is 0.158. The van der Waals surface area contributed by atoms with E-state index in [9.17, 15) is 22.8 Å². The molecule has 1 aromatic carbocycles. The maximum atomic E-state index is 12.1. The van der Waals surface area contributed by atoms with Gasteiger partial charge in [-0.15, -0.1) is 13.2 Å². The van der Waals surface area contributed by atoms with Gasteiger partial charge >= 0.3 is 18.4 Å². The molecule has 0 saturated carbocycles. The summed E-state index contributed by atoms with van der Waals surface area (Å²) in [6, 6.07) is 2.75. The summed E-state index contributed by atoms with van der Waals surface area (Å²) < 4.78 is 40.1. The van der Waals surface area contributed by atoms with Crippen molar-refractivity contribution in [1.82, 2.24) is 5.32 Å². The average Bonchev–Trinajstić information content (AvgIpc) is 2.36. The van der Waals surface area contributed by atoms with Crippen LogP contribution in [0.15, 0.2) is 22.7 Å². The topological polar surface area (TPSA) is 87.7 Å². The lowest BCUT2D eigenvalue weighted by Crippen LogP contribution is -2.29. The van der Waals surface area contributed by atoms with Crippen molar-refractivity contribution in [3.05, 3.63) is 22.7 Å². The minimum Gasteiger partial charge on any atom is -0.481 e. The molecule has 0 unspecified atom stereocenters. The molecule has 122 valence electrons. The van der Waals surface area contributed by atoms with Gasteiger partial charge in [-0.2, -0.15) is 0 Å². The predicted octanol–water partition coefficient (Wildman–Crippen LogP) is 3.33. The molecular weight excluding hydrogens is 373 g/mol. The Morgan fingerprint density at radius 2 is 2.00 bits per heavy atom. The van der Waals surface area contributed by atoms with Crippen molar-refractivity contribution in [2.24, 2.45) is 0 Å². The van der Waals surface area contributed by atoms with Gasteiger partial charge in [-0.3, -0.25) is 4.79 Å². The third-order valence-corrected chi connectivity index (χ3v) is 2.93. The third-order valence-electron chi connectivity index (χ3n) is 2.28. The van der Waals surface area contributed by atoms with Gasteiger partial charge in [0.2, 0.25) is 0 Å². The molecule has 0 aromatic heterocycles. The summed E-state index contributed by atoms with van der Waals surface area (Å²) in [6.07, 6.45) is -4.61. The molecular formula is C12H12BrF3N2O4. The Morgan fingerprint density at radius 3 is 2.55 bits per heavy atom. The molecule has 3 N–H and O–H groups in total. The molecule has 2 amide bonds. The highest BCUT2D eigenvalue weighted by Gasteiger charge is 2.31. The fraction of sp³-hybridized carbons (Fsp3) is 0.333. The second-order valence-corrected chi connectivity index (χ2v) is 4.92. The van der Waals surface area contributed by atoms with E-state index < -0.39 is 24.1 Å². The Kier molecular flexibility index (Phi) is 6.47. The average molecular weight is 385 g/mol. The van der Waals surface area contributed by atoms with Crippen molar-refractivity contribution in [1.29, 1.82) is 0 Å². The summed E-state index contributed by atoms with van der Waals surface area (Å²) in [5, 5.41) is 13.3. The molecule has 0 bridgehead atoms. The van der Waals surface area contributed by atoms with Crippen LogP contribution in [0.25, 0.3) is 0 Å². The van der Waals surface area contributed by atoms with E-state index in [1.165, 1.54) is 6.07 Å². The highest BCUT2D eigenvalue weighted by molar-refractivity contribution is 9.10. The minimum atomic E-state index is -4.80. The van der Waals surface area contributed by atoms with Crippen molar-refractivity contribution in [3.8, 4) is 5.75 Å². The molecule has 0 saturated heterocycles. The van der Waals surface area contributed by atoms with Crippen LogP contribution in [0.1, 0.15) is 12.8 Å². The molecule has 6 nitrogen and oxygen atoms in total. The zero-order valence-electron chi connectivity index (χ0n) is 11.0. The number of carboxylic acid groups (broad SMARTS) is 1. The number of anilines is 1. The minimum absolute atomic E-state index is 0.0759. The Balaban J connectivity index is 2.52. The second-order valence-electron chi connectivity index (χ2n) is 4.07. The van der Waals surface area contributed by atoms with Crippen LogP contribution in [0.3, 0.4) is 0 Å². The van der Waals surface area contributed by atoms with E-state index in [2.05, 4.69) is 31.3 Å². The molecule has 0 radical (unpaired) electrons. The van der Waals surface area contributed by atoms with Crippen molar-refractivity contribution in [3.63, 3.8) is 0 Å². The number of rotatable bonds is 6. The number of hydrogen-bond acceptors (Lipinski definition) is 3. The van der Waals surface area contributed by atoms with Crippen LogP contribution in [0.2, 0.25) is 0 Å². The highest BCUT2D eigenvalue weighted by Crippen LogP contribution is 2.30. The zero-order chi connectivity index (χ0) is 16.8. The van der Waals surface area contributed by atoms with Crippen LogP contribution in [-0.2, 0) is 4.79 Å². The Bertz CT molecular complexity index is 552. The number of hydrogen-bond donors (Lipinski definition) is 3. The van der Waals surface area contributed by atoms with Crippen molar-refractivity contribution < 1.29 is 32.6 Å². The van der Waals surface area contributed by atoms with Gasteiger partial charge < -0.3 is 20.5 Å². The SMILES string of the molecule is O=C(O)CCCNC(=O)Nc1ccc(OC(F)(F)F)cc1Br. The molecule has 0 aliphatic heterocycles. The standard InChI is InChI=1S/C12H12BrF3N2O4/c13-8-6-7(22-12(14,15)16)3-4-9(8)18-11(21)17-5-1-2-10(19)20/h3-4,6H,1-2,5H2,(H,19,20)(H2,17,18,21). The monoisotopic (exact) mass is 384 g/mol. The number of halogens is 4. The fourth-order valence-electron chi connectivity index (χ4n) is 1.40. The Hall–Kier alpha value is -1.97. The first-order valence-electron chi connectivity index (χ1n) is 5.99. The molecule has 22 heavy (non-hydrogen) atoms. The molecule has 0 aliphatic carbocycles. The van der Waals surface area contributed by atoms with Crippen molar-refractivity contribution in [2.45, 2.75) is 19.2 Å². The Morgan fingerprint density at radius 1 is 1.32 bits per heavy atom. The first-order valence-corrected chi connectivity index (χ1v) is 6.78. The summed E-state index contributed by atoms with van der Waals surface area (Å²) in [7, 11) is 0. The molecule has 0 fully saturated rings. The zero-order valence-corrected chi connectivity index (χ0v) is 12.6. The Labute approximate surface area is 131 Å². The summed E-state index contributed by atoms with van der Waals surface area (Å²) in [5.74, 6) is -1.39. The largest absolute Gasteiger partial charge is 0.573 e. The van der Waals surface area contributed by atoms with Crippen LogP contribution < -0.4 is 15.4 Å².